The number of hydrogen-bond donors (Lipinski definition) is 1. The van der Waals surface area contributed by atoms with Crippen LogP contribution in [0.15, 0.2) is 46.5 Å². The summed E-state index contributed by atoms with van der Waals surface area (Å²) in [4.78, 5) is 16.6. The predicted octanol–water partition coefficient (Wildman–Crippen LogP) is 4.12. The molecular weight excluding hydrogens is 326 g/mol. The van der Waals surface area contributed by atoms with Crippen LogP contribution in [0.25, 0.3) is 10.6 Å². The fraction of sp³-hybridized carbons (Fsp3) is 0.118. The molecule has 114 valence electrons. The van der Waals surface area contributed by atoms with Gasteiger partial charge >= 0.3 is 0 Å². The number of carbonyl (C=O) groups is 1. The van der Waals surface area contributed by atoms with Gasteiger partial charge in [0.2, 0.25) is 5.91 Å². The zero-order valence-electron chi connectivity index (χ0n) is 12.2. The second kappa shape index (κ2) is 7.18. The molecule has 0 atom stereocenters. The number of nitriles is 1. The summed E-state index contributed by atoms with van der Waals surface area (Å²) in [6.45, 7) is 0. The van der Waals surface area contributed by atoms with E-state index in [4.69, 9.17) is 5.26 Å². The maximum Gasteiger partial charge on any atom is 0.230 e. The van der Waals surface area contributed by atoms with Gasteiger partial charge in [-0.3, -0.25) is 4.79 Å². The van der Waals surface area contributed by atoms with Gasteiger partial charge in [-0.1, -0.05) is 12.1 Å². The molecule has 1 N–H and O–H groups in total. The summed E-state index contributed by atoms with van der Waals surface area (Å²) >= 11 is 3.18. The third-order valence-corrected chi connectivity index (χ3v) is 4.81. The Morgan fingerprint density at radius 3 is 2.74 bits per heavy atom. The van der Waals surface area contributed by atoms with Gasteiger partial charge in [-0.05, 0) is 29.1 Å². The molecule has 0 aliphatic rings. The molecule has 0 aliphatic carbocycles. The molecule has 1 aromatic carbocycles. The van der Waals surface area contributed by atoms with Gasteiger partial charge < -0.3 is 5.32 Å². The first-order valence-corrected chi connectivity index (χ1v) is 8.79. The molecule has 3 rings (SSSR count). The highest BCUT2D eigenvalue weighted by Crippen LogP contribution is 2.25. The Bertz CT molecular complexity index is 830. The van der Waals surface area contributed by atoms with Crippen molar-refractivity contribution >= 4 is 34.3 Å². The predicted molar refractivity (Wildman–Crippen MR) is 93.5 cm³/mol. The van der Waals surface area contributed by atoms with E-state index in [-0.39, 0.29) is 12.3 Å². The fourth-order valence-electron chi connectivity index (χ4n) is 2.07. The van der Waals surface area contributed by atoms with E-state index in [0.29, 0.717) is 6.42 Å². The summed E-state index contributed by atoms with van der Waals surface area (Å²) in [6.07, 6.45) is 0.624. The van der Waals surface area contributed by atoms with Crippen LogP contribution in [0.4, 0.5) is 5.69 Å². The number of amides is 1. The molecule has 0 fully saturated rings. The zero-order chi connectivity index (χ0) is 16.1. The minimum atomic E-state index is -0.0970. The van der Waals surface area contributed by atoms with Crippen molar-refractivity contribution in [2.75, 3.05) is 5.32 Å². The standard InChI is InChI=1S/C17H13N3OS2/c18-7-5-12-1-3-14(4-2-12)19-16(21)9-15-11-23-17(20-15)13-6-8-22-10-13/h1-4,6,8,10-11H,5,9H2,(H,19,21). The maximum absolute atomic E-state index is 12.1. The van der Waals surface area contributed by atoms with Gasteiger partial charge in [0, 0.05) is 22.0 Å². The number of aromatic nitrogens is 1. The molecule has 0 aliphatic heterocycles. The van der Waals surface area contributed by atoms with Gasteiger partial charge in [0.05, 0.1) is 24.6 Å². The highest BCUT2D eigenvalue weighted by molar-refractivity contribution is 7.14. The number of thiophene rings is 1. The lowest BCUT2D eigenvalue weighted by Crippen LogP contribution is -2.14. The lowest BCUT2D eigenvalue weighted by molar-refractivity contribution is -0.115. The number of rotatable bonds is 5. The van der Waals surface area contributed by atoms with Gasteiger partial charge in [-0.25, -0.2) is 4.98 Å². The van der Waals surface area contributed by atoms with Crippen molar-refractivity contribution in [1.29, 1.82) is 5.26 Å². The molecule has 1 amide bonds. The van der Waals surface area contributed by atoms with Crippen LogP contribution >= 0.6 is 22.7 Å². The molecule has 2 heterocycles. The van der Waals surface area contributed by atoms with Crippen molar-refractivity contribution in [2.45, 2.75) is 12.8 Å². The maximum atomic E-state index is 12.1. The van der Waals surface area contributed by atoms with Crippen molar-refractivity contribution in [1.82, 2.24) is 4.98 Å². The van der Waals surface area contributed by atoms with Crippen molar-refractivity contribution in [3.63, 3.8) is 0 Å². The van der Waals surface area contributed by atoms with Crippen molar-refractivity contribution < 1.29 is 4.79 Å². The summed E-state index contributed by atoms with van der Waals surface area (Å²) in [6, 6.07) is 11.4. The largest absolute Gasteiger partial charge is 0.326 e. The smallest absolute Gasteiger partial charge is 0.230 e. The monoisotopic (exact) mass is 339 g/mol. The summed E-state index contributed by atoms with van der Waals surface area (Å²) in [5.74, 6) is -0.0970. The Kier molecular flexibility index (Phi) is 4.81. The van der Waals surface area contributed by atoms with E-state index in [1.54, 1.807) is 22.7 Å². The SMILES string of the molecule is N#CCc1ccc(NC(=O)Cc2csc(-c3ccsc3)n2)cc1. The number of thiazole rings is 1. The van der Waals surface area contributed by atoms with Crippen molar-refractivity contribution in [3.05, 3.63) is 57.7 Å². The van der Waals surface area contributed by atoms with Crippen LogP contribution in [-0.4, -0.2) is 10.9 Å². The first kappa shape index (κ1) is 15.4. The van der Waals surface area contributed by atoms with Gasteiger partial charge in [-0.15, -0.1) is 11.3 Å². The lowest BCUT2D eigenvalue weighted by Gasteiger charge is -2.04. The molecule has 0 bridgehead atoms. The third kappa shape index (κ3) is 4.03. The first-order chi connectivity index (χ1) is 11.2. The first-order valence-electron chi connectivity index (χ1n) is 6.97. The van der Waals surface area contributed by atoms with E-state index < -0.39 is 0 Å². The molecule has 2 aromatic heterocycles. The molecule has 3 aromatic rings. The van der Waals surface area contributed by atoms with E-state index in [1.165, 1.54) is 0 Å². The fourth-order valence-corrected chi connectivity index (χ4v) is 3.61. The van der Waals surface area contributed by atoms with Crippen molar-refractivity contribution in [2.24, 2.45) is 0 Å². The second-order valence-corrected chi connectivity index (χ2v) is 6.55. The number of benzene rings is 1. The zero-order valence-corrected chi connectivity index (χ0v) is 13.8. The Balaban J connectivity index is 1.60. The van der Waals surface area contributed by atoms with Crippen LogP contribution < -0.4 is 5.32 Å². The van der Waals surface area contributed by atoms with E-state index >= 15 is 0 Å². The summed E-state index contributed by atoms with van der Waals surface area (Å²) in [7, 11) is 0. The molecule has 6 heteroatoms. The highest BCUT2D eigenvalue weighted by atomic mass is 32.1. The number of carbonyl (C=O) groups excluding carboxylic acids is 1. The van der Waals surface area contributed by atoms with Crippen LogP contribution in [0.5, 0.6) is 0 Å². The van der Waals surface area contributed by atoms with E-state index in [9.17, 15) is 4.79 Å². The normalized spacial score (nSPS) is 10.2. The Labute approximate surface area is 142 Å². The summed E-state index contributed by atoms with van der Waals surface area (Å²) < 4.78 is 0. The number of hydrogen-bond acceptors (Lipinski definition) is 5. The number of nitrogens with zero attached hydrogens (tertiary/aromatic N) is 2. The lowest BCUT2D eigenvalue weighted by atomic mass is 10.1. The Morgan fingerprint density at radius 2 is 2.04 bits per heavy atom. The van der Waals surface area contributed by atoms with Gasteiger partial charge in [0.1, 0.15) is 5.01 Å². The second-order valence-electron chi connectivity index (χ2n) is 4.91. The molecule has 23 heavy (non-hydrogen) atoms. The van der Waals surface area contributed by atoms with E-state index in [2.05, 4.69) is 16.4 Å². The van der Waals surface area contributed by atoms with Gasteiger partial charge in [0.25, 0.3) is 0 Å². The minimum absolute atomic E-state index is 0.0970. The summed E-state index contributed by atoms with van der Waals surface area (Å²) in [5, 5.41) is 18.4. The van der Waals surface area contributed by atoms with Crippen LogP contribution in [0.3, 0.4) is 0 Å². The minimum Gasteiger partial charge on any atom is -0.326 e. The van der Waals surface area contributed by atoms with E-state index in [1.807, 2.05) is 46.5 Å². The highest BCUT2D eigenvalue weighted by Gasteiger charge is 2.09. The molecule has 0 spiro atoms. The Morgan fingerprint density at radius 1 is 1.22 bits per heavy atom. The summed E-state index contributed by atoms with van der Waals surface area (Å²) in [5.41, 5.74) is 3.53. The van der Waals surface area contributed by atoms with E-state index in [0.717, 1.165) is 27.5 Å². The molecular formula is C17H13N3OS2. The average molecular weight is 339 g/mol. The molecule has 4 nitrogen and oxygen atoms in total. The number of nitrogens with one attached hydrogen (secondary N) is 1. The van der Waals surface area contributed by atoms with Crippen LogP contribution in [0.1, 0.15) is 11.3 Å². The molecule has 0 saturated carbocycles. The molecule has 0 unspecified atom stereocenters. The van der Waals surface area contributed by atoms with Crippen molar-refractivity contribution in [3.8, 4) is 16.6 Å². The van der Waals surface area contributed by atoms with Crippen LogP contribution in [-0.2, 0) is 17.6 Å². The quantitative estimate of drug-likeness (QED) is 0.760. The van der Waals surface area contributed by atoms with Gasteiger partial charge in [0.15, 0.2) is 0 Å². The molecule has 0 saturated heterocycles. The third-order valence-electron chi connectivity index (χ3n) is 3.18. The van der Waals surface area contributed by atoms with Crippen LogP contribution in [0, 0.1) is 11.3 Å². The Hall–Kier alpha value is -2.49. The van der Waals surface area contributed by atoms with Crippen LogP contribution in [0.2, 0.25) is 0 Å². The average Bonchev–Trinajstić information content (AvgIpc) is 3.20. The van der Waals surface area contributed by atoms with Gasteiger partial charge in [-0.2, -0.15) is 16.6 Å². The molecule has 0 radical (unpaired) electrons. The topological polar surface area (TPSA) is 65.8 Å². The number of anilines is 1.